The minimum Gasteiger partial charge on any atom is -0.438 e. The van der Waals surface area contributed by atoms with E-state index in [0.717, 1.165) is 36.6 Å². The number of carbonyl (C=O) groups is 1. The Hall–Kier alpha value is -4.00. The summed E-state index contributed by atoms with van der Waals surface area (Å²) in [5, 5.41) is 11.4. The third-order valence-corrected chi connectivity index (χ3v) is 8.61. The Bertz CT molecular complexity index is 1530. The van der Waals surface area contributed by atoms with Gasteiger partial charge in [0.1, 0.15) is 12.5 Å². The van der Waals surface area contributed by atoms with E-state index in [0.29, 0.717) is 48.3 Å². The van der Waals surface area contributed by atoms with Crippen LogP contribution in [0.25, 0.3) is 11.0 Å². The van der Waals surface area contributed by atoms with Crippen molar-refractivity contribution in [3.63, 3.8) is 0 Å². The molecule has 12 heteroatoms. The van der Waals surface area contributed by atoms with E-state index in [1.54, 1.807) is 24.4 Å². The summed E-state index contributed by atoms with van der Waals surface area (Å²) in [6, 6.07) is 10.5. The molecule has 1 unspecified atom stereocenters. The molecule has 216 valence electrons. The average Bonchev–Trinajstić information content (AvgIpc) is 3.67. The van der Waals surface area contributed by atoms with Crippen LogP contribution in [0, 0.1) is 0 Å². The average molecular weight is 575 g/mol. The zero-order valence-electron chi connectivity index (χ0n) is 24.1. The highest BCUT2D eigenvalue weighted by atomic mass is 28.3. The molecule has 3 aromatic heterocycles. The Balaban J connectivity index is 1.42. The van der Waals surface area contributed by atoms with Gasteiger partial charge in [0.05, 0.1) is 23.3 Å². The van der Waals surface area contributed by atoms with Crippen molar-refractivity contribution in [3.05, 3.63) is 61.6 Å². The summed E-state index contributed by atoms with van der Waals surface area (Å²) < 4.78 is 16.2. The van der Waals surface area contributed by atoms with Gasteiger partial charge in [-0.05, 0) is 50.3 Å². The van der Waals surface area contributed by atoms with Gasteiger partial charge in [-0.1, -0.05) is 32.3 Å². The lowest BCUT2D eigenvalue weighted by Crippen LogP contribution is -2.22. The molecular formula is C29H38N8O3Si. The molecule has 4 aromatic rings. The van der Waals surface area contributed by atoms with Crippen molar-refractivity contribution < 1.29 is 14.3 Å². The van der Waals surface area contributed by atoms with Crippen molar-refractivity contribution in [1.29, 1.82) is 0 Å². The Labute approximate surface area is 241 Å². The van der Waals surface area contributed by atoms with Crippen molar-refractivity contribution in [1.82, 2.24) is 29.2 Å². The first-order valence-corrected chi connectivity index (χ1v) is 17.5. The molecule has 4 heterocycles. The lowest BCUT2D eigenvalue weighted by atomic mass is 10.3. The second-order valence-electron chi connectivity index (χ2n) is 11.6. The number of hydrogen-bond acceptors (Lipinski definition) is 8. The van der Waals surface area contributed by atoms with Crippen LogP contribution in [0.4, 0.5) is 17.3 Å². The summed E-state index contributed by atoms with van der Waals surface area (Å²) >= 11 is 0. The van der Waals surface area contributed by atoms with E-state index in [2.05, 4.69) is 53.9 Å². The second kappa shape index (κ2) is 12.2. The first kappa shape index (κ1) is 28.5. The van der Waals surface area contributed by atoms with Gasteiger partial charge >= 0.3 is 0 Å². The maximum atomic E-state index is 11.8. The van der Waals surface area contributed by atoms with Gasteiger partial charge < -0.3 is 29.6 Å². The maximum absolute atomic E-state index is 11.8. The summed E-state index contributed by atoms with van der Waals surface area (Å²) in [7, 11) is 0.926. The largest absolute Gasteiger partial charge is 0.438 e. The SMILES string of the molecule is C=CC(=O)Nc1cccc(Oc2nc(Nc3cnn(C4CCN(C)C4)c3)nc3c2ccn3COCC[Si](C)(C)C)c1. The molecule has 1 aromatic carbocycles. The van der Waals surface area contributed by atoms with Crippen molar-refractivity contribution in [2.45, 2.75) is 44.9 Å². The number of carbonyl (C=O) groups excluding carboxylic acids is 1. The van der Waals surface area contributed by atoms with E-state index in [-0.39, 0.29) is 5.91 Å². The van der Waals surface area contributed by atoms with Crippen LogP contribution in [-0.2, 0) is 16.3 Å². The van der Waals surface area contributed by atoms with Crippen molar-refractivity contribution in [2.24, 2.45) is 0 Å². The molecule has 2 N–H and O–H groups in total. The first-order valence-electron chi connectivity index (χ1n) is 13.8. The molecule has 1 aliphatic heterocycles. The predicted molar refractivity (Wildman–Crippen MR) is 164 cm³/mol. The Kier molecular flexibility index (Phi) is 8.52. The first-order chi connectivity index (χ1) is 19.7. The molecule has 1 amide bonds. The van der Waals surface area contributed by atoms with Gasteiger partial charge in [-0.15, -0.1) is 0 Å². The second-order valence-corrected chi connectivity index (χ2v) is 17.2. The minimum absolute atomic E-state index is 0.297. The molecule has 0 bridgehead atoms. The minimum atomic E-state index is -1.20. The van der Waals surface area contributed by atoms with Crippen LogP contribution < -0.4 is 15.4 Å². The molecule has 1 atom stereocenters. The number of likely N-dealkylation sites (N-methyl/N-ethyl adjacent to an activating group) is 1. The summed E-state index contributed by atoms with van der Waals surface area (Å²) in [6.45, 7) is 13.6. The highest BCUT2D eigenvalue weighted by Gasteiger charge is 2.22. The summed E-state index contributed by atoms with van der Waals surface area (Å²) in [6.07, 6.45) is 8.00. The van der Waals surface area contributed by atoms with Gasteiger partial charge in [-0.2, -0.15) is 15.1 Å². The van der Waals surface area contributed by atoms with Gasteiger partial charge in [0.25, 0.3) is 0 Å². The molecule has 0 aliphatic carbocycles. The van der Waals surface area contributed by atoms with Gasteiger partial charge in [-0.3, -0.25) is 9.48 Å². The number of benzene rings is 1. The van der Waals surface area contributed by atoms with Crippen LogP contribution in [0.2, 0.25) is 25.7 Å². The topological polar surface area (TPSA) is 111 Å². The lowest BCUT2D eigenvalue weighted by Gasteiger charge is -2.16. The molecule has 0 saturated carbocycles. The zero-order valence-corrected chi connectivity index (χ0v) is 25.1. The van der Waals surface area contributed by atoms with Crippen LogP contribution >= 0.6 is 0 Å². The fraction of sp³-hybridized carbons (Fsp3) is 0.379. The summed E-state index contributed by atoms with van der Waals surface area (Å²) in [5.74, 6) is 0.994. The number of fused-ring (bicyclic) bond motifs is 1. The van der Waals surface area contributed by atoms with Crippen LogP contribution in [0.3, 0.4) is 0 Å². The number of likely N-dealkylation sites (tertiary alicyclic amines) is 1. The van der Waals surface area contributed by atoms with Crippen molar-refractivity contribution in [3.8, 4) is 11.6 Å². The molecule has 11 nitrogen and oxygen atoms in total. The summed E-state index contributed by atoms with van der Waals surface area (Å²) in [4.78, 5) is 23.6. The number of ether oxygens (including phenoxy) is 2. The van der Waals surface area contributed by atoms with E-state index in [1.165, 1.54) is 6.08 Å². The van der Waals surface area contributed by atoms with Gasteiger partial charge in [0, 0.05) is 45.4 Å². The van der Waals surface area contributed by atoms with Crippen LogP contribution in [0.15, 0.2) is 61.6 Å². The fourth-order valence-electron chi connectivity index (χ4n) is 4.62. The molecule has 1 aliphatic rings. The predicted octanol–water partition coefficient (Wildman–Crippen LogP) is 5.48. The van der Waals surface area contributed by atoms with E-state index in [4.69, 9.17) is 19.4 Å². The summed E-state index contributed by atoms with van der Waals surface area (Å²) in [5.41, 5.74) is 2.07. The molecule has 1 saturated heterocycles. The van der Waals surface area contributed by atoms with Crippen LogP contribution in [0.1, 0.15) is 12.5 Å². The quantitative estimate of drug-likeness (QED) is 0.130. The molecule has 0 spiro atoms. The number of aromatic nitrogens is 5. The van der Waals surface area contributed by atoms with Crippen LogP contribution in [-0.4, -0.2) is 69.9 Å². The third-order valence-electron chi connectivity index (χ3n) is 6.91. The zero-order chi connectivity index (χ0) is 29.0. The number of nitrogens with zero attached hydrogens (tertiary/aromatic N) is 6. The number of nitrogens with one attached hydrogen (secondary N) is 2. The number of hydrogen-bond donors (Lipinski definition) is 2. The third kappa shape index (κ3) is 7.40. The normalized spacial score (nSPS) is 15.8. The van der Waals surface area contributed by atoms with Gasteiger partial charge in [-0.25, -0.2) is 0 Å². The molecular weight excluding hydrogens is 536 g/mol. The smallest absolute Gasteiger partial charge is 0.247 e. The molecule has 41 heavy (non-hydrogen) atoms. The van der Waals surface area contributed by atoms with Crippen LogP contribution in [0.5, 0.6) is 11.6 Å². The lowest BCUT2D eigenvalue weighted by molar-refractivity contribution is -0.111. The molecule has 1 fully saturated rings. The number of rotatable bonds is 12. The maximum Gasteiger partial charge on any atom is 0.247 e. The van der Waals surface area contributed by atoms with Gasteiger partial charge in [0.15, 0.2) is 5.65 Å². The van der Waals surface area contributed by atoms with E-state index in [9.17, 15) is 4.79 Å². The Morgan fingerprint density at radius 2 is 2.07 bits per heavy atom. The monoisotopic (exact) mass is 574 g/mol. The number of amides is 1. The van der Waals surface area contributed by atoms with E-state index in [1.807, 2.05) is 33.8 Å². The van der Waals surface area contributed by atoms with Gasteiger partial charge in [0.2, 0.25) is 17.7 Å². The highest BCUT2D eigenvalue weighted by Crippen LogP contribution is 2.32. The van der Waals surface area contributed by atoms with E-state index < -0.39 is 8.07 Å². The molecule has 5 rings (SSSR count). The Morgan fingerprint density at radius 1 is 1.22 bits per heavy atom. The fourth-order valence-corrected chi connectivity index (χ4v) is 5.37. The highest BCUT2D eigenvalue weighted by molar-refractivity contribution is 6.76. The standard InChI is InChI=1S/C29H38N8O3Si/c1-6-26(38)31-21-8-7-9-24(16-21)40-28-25-11-13-36(20-39-14-15-41(3,4)5)27(25)33-29(34-28)32-22-17-30-37(18-22)23-10-12-35(2)19-23/h6-9,11,13,16-18,23H,1,10,12,14-15,19-20H2,2-5H3,(H,31,38)(H,32,33,34). The van der Waals surface area contributed by atoms with Crippen molar-refractivity contribution in [2.75, 3.05) is 37.4 Å². The van der Waals surface area contributed by atoms with E-state index >= 15 is 0 Å². The van der Waals surface area contributed by atoms with Crippen molar-refractivity contribution >= 4 is 42.3 Å². The molecule has 0 radical (unpaired) electrons. The Morgan fingerprint density at radius 3 is 2.83 bits per heavy atom. The number of anilines is 3.